The van der Waals surface area contributed by atoms with Crippen LogP contribution in [0.2, 0.25) is 0 Å². The standard InChI is InChI=1S/C13H13FN2O/c1-9-12(14)16-13(10(2)15-9)17-8-11-6-4-3-5-7-11/h3-7H,8H2,1-2H3. The van der Waals surface area contributed by atoms with Gasteiger partial charge < -0.3 is 4.74 Å². The second-order valence-corrected chi connectivity index (χ2v) is 3.76. The number of hydrogen-bond acceptors (Lipinski definition) is 3. The Morgan fingerprint density at radius 3 is 2.47 bits per heavy atom. The van der Waals surface area contributed by atoms with Crippen LogP contribution in [-0.2, 0) is 6.61 Å². The van der Waals surface area contributed by atoms with Crippen molar-refractivity contribution in [3.8, 4) is 5.88 Å². The van der Waals surface area contributed by atoms with E-state index in [2.05, 4.69) is 9.97 Å². The average Bonchev–Trinajstić information content (AvgIpc) is 2.33. The summed E-state index contributed by atoms with van der Waals surface area (Å²) in [5.74, 6) is -0.337. The minimum atomic E-state index is -0.585. The minimum absolute atomic E-state index is 0.247. The summed E-state index contributed by atoms with van der Waals surface area (Å²) in [4.78, 5) is 7.76. The Bertz CT molecular complexity index is 514. The van der Waals surface area contributed by atoms with Crippen molar-refractivity contribution in [2.24, 2.45) is 0 Å². The number of rotatable bonds is 3. The Kier molecular flexibility index (Phi) is 3.32. The fourth-order valence-corrected chi connectivity index (χ4v) is 1.46. The van der Waals surface area contributed by atoms with Crippen LogP contribution in [0, 0.1) is 19.8 Å². The van der Waals surface area contributed by atoms with Crippen LogP contribution in [-0.4, -0.2) is 9.97 Å². The zero-order valence-electron chi connectivity index (χ0n) is 9.77. The summed E-state index contributed by atoms with van der Waals surface area (Å²) in [5.41, 5.74) is 1.89. The van der Waals surface area contributed by atoms with Crippen LogP contribution in [0.1, 0.15) is 17.0 Å². The first-order valence-electron chi connectivity index (χ1n) is 5.34. The summed E-state index contributed by atoms with van der Waals surface area (Å²) in [5, 5.41) is 0. The number of nitrogens with zero attached hydrogens (tertiary/aromatic N) is 2. The highest BCUT2D eigenvalue weighted by atomic mass is 19.1. The summed E-state index contributed by atoms with van der Waals surface area (Å²) in [7, 11) is 0. The molecule has 2 aromatic rings. The van der Waals surface area contributed by atoms with Crippen LogP contribution in [0.25, 0.3) is 0 Å². The normalized spacial score (nSPS) is 10.3. The van der Waals surface area contributed by atoms with E-state index in [0.29, 0.717) is 12.3 Å². The predicted molar refractivity (Wildman–Crippen MR) is 62.2 cm³/mol. The van der Waals surface area contributed by atoms with Gasteiger partial charge in [-0.1, -0.05) is 30.3 Å². The van der Waals surface area contributed by atoms with Crippen LogP contribution >= 0.6 is 0 Å². The molecule has 1 aromatic carbocycles. The van der Waals surface area contributed by atoms with Crippen molar-refractivity contribution >= 4 is 0 Å². The zero-order valence-corrected chi connectivity index (χ0v) is 9.77. The van der Waals surface area contributed by atoms with Crippen molar-refractivity contribution < 1.29 is 9.13 Å². The molecule has 17 heavy (non-hydrogen) atoms. The van der Waals surface area contributed by atoms with E-state index in [1.165, 1.54) is 0 Å². The summed E-state index contributed by atoms with van der Waals surface area (Å²) >= 11 is 0. The SMILES string of the molecule is Cc1nc(C)c(OCc2ccccc2)nc1F. The molecule has 0 aliphatic carbocycles. The average molecular weight is 232 g/mol. The molecule has 0 atom stereocenters. The predicted octanol–water partition coefficient (Wildman–Crippen LogP) is 2.81. The van der Waals surface area contributed by atoms with Crippen molar-refractivity contribution in [1.29, 1.82) is 0 Å². The first-order chi connectivity index (χ1) is 8.16. The third-order valence-electron chi connectivity index (χ3n) is 2.36. The van der Waals surface area contributed by atoms with Crippen LogP contribution in [0.4, 0.5) is 4.39 Å². The van der Waals surface area contributed by atoms with Gasteiger partial charge in [-0.2, -0.15) is 9.37 Å². The number of hydrogen-bond donors (Lipinski definition) is 0. The molecule has 0 bridgehead atoms. The van der Waals surface area contributed by atoms with Gasteiger partial charge in [-0.15, -0.1) is 0 Å². The lowest BCUT2D eigenvalue weighted by atomic mass is 10.2. The minimum Gasteiger partial charge on any atom is -0.471 e. The molecule has 1 aromatic heterocycles. The zero-order chi connectivity index (χ0) is 12.3. The van der Waals surface area contributed by atoms with E-state index in [1.54, 1.807) is 13.8 Å². The molecule has 4 heteroatoms. The number of ether oxygens (including phenoxy) is 1. The number of aromatic nitrogens is 2. The van der Waals surface area contributed by atoms with E-state index >= 15 is 0 Å². The summed E-state index contributed by atoms with van der Waals surface area (Å²) in [6.45, 7) is 3.69. The third-order valence-corrected chi connectivity index (χ3v) is 2.36. The van der Waals surface area contributed by atoms with Gasteiger partial charge in [-0.25, -0.2) is 4.98 Å². The number of aryl methyl sites for hydroxylation is 2. The van der Waals surface area contributed by atoms with Gasteiger partial charge in [-0.3, -0.25) is 0 Å². The van der Waals surface area contributed by atoms with Crippen molar-refractivity contribution in [2.45, 2.75) is 20.5 Å². The molecule has 0 saturated carbocycles. The first kappa shape index (κ1) is 11.5. The van der Waals surface area contributed by atoms with Gasteiger partial charge >= 0.3 is 0 Å². The molecule has 2 rings (SSSR count). The van der Waals surface area contributed by atoms with Crippen LogP contribution in [0.5, 0.6) is 5.88 Å². The molecule has 0 radical (unpaired) electrons. The second kappa shape index (κ2) is 4.91. The Balaban J connectivity index is 2.12. The maximum atomic E-state index is 13.2. The molecule has 0 saturated heterocycles. The molecule has 0 amide bonds. The lowest BCUT2D eigenvalue weighted by Gasteiger charge is -2.08. The molecular weight excluding hydrogens is 219 g/mol. The van der Waals surface area contributed by atoms with Gasteiger partial charge in [0.05, 0.1) is 11.4 Å². The van der Waals surface area contributed by atoms with Gasteiger partial charge in [-0.05, 0) is 19.4 Å². The smallest absolute Gasteiger partial charge is 0.238 e. The first-order valence-corrected chi connectivity index (χ1v) is 5.34. The van der Waals surface area contributed by atoms with Crippen molar-refractivity contribution in [3.05, 3.63) is 53.2 Å². The van der Waals surface area contributed by atoms with E-state index in [9.17, 15) is 4.39 Å². The quantitative estimate of drug-likeness (QED) is 0.816. The summed E-state index contributed by atoms with van der Waals surface area (Å²) in [6, 6.07) is 9.65. The Morgan fingerprint density at radius 1 is 1.06 bits per heavy atom. The highest BCUT2D eigenvalue weighted by Crippen LogP contribution is 2.15. The Labute approximate surface area is 99.3 Å². The molecule has 0 aliphatic rings. The second-order valence-electron chi connectivity index (χ2n) is 3.76. The van der Waals surface area contributed by atoms with E-state index in [-0.39, 0.29) is 11.6 Å². The highest BCUT2D eigenvalue weighted by molar-refractivity contribution is 5.20. The van der Waals surface area contributed by atoms with Gasteiger partial charge in [0.1, 0.15) is 6.61 Å². The summed E-state index contributed by atoms with van der Waals surface area (Å²) < 4.78 is 18.7. The molecule has 0 fully saturated rings. The van der Waals surface area contributed by atoms with Crippen molar-refractivity contribution in [3.63, 3.8) is 0 Å². The van der Waals surface area contributed by atoms with Gasteiger partial charge in [0, 0.05) is 0 Å². The Morgan fingerprint density at radius 2 is 1.76 bits per heavy atom. The number of benzene rings is 1. The maximum Gasteiger partial charge on any atom is 0.238 e. The van der Waals surface area contributed by atoms with Crippen molar-refractivity contribution in [2.75, 3.05) is 0 Å². The fraction of sp³-hybridized carbons (Fsp3) is 0.231. The van der Waals surface area contributed by atoms with E-state index < -0.39 is 5.95 Å². The molecule has 0 unspecified atom stereocenters. The molecule has 3 nitrogen and oxygen atoms in total. The fourth-order valence-electron chi connectivity index (χ4n) is 1.46. The van der Waals surface area contributed by atoms with Crippen LogP contribution in [0.3, 0.4) is 0 Å². The molecule has 0 N–H and O–H groups in total. The summed E-state index contributed by atoms with van der Waals surface area (Å²) in [6.07, 6.45) is 0. The molecular formula is C13H13FN2O. The van der Waals surface area contributed by atoms with Crippen molar-refractivity contribution in [1.82, 2.24) is 9.97 Å². The Hall–Kier alpha value is -1.97. The topological polar surface area (TPSA) is 35.0 Å². The lowest BCUT2D eigenvalue weighted by Crippen LogP contribution is -2.04. The maximum absolute atomic E-state index is 13.2. The van der Waals surface area contributed by atoms with E-state index in [4.69, 9.17) is 4.74 Å². The lowest BCUT2D eigenvalue weighted by molar-refractivity contribution is 0.284. The van der Waals surface area contributed by atoms with Crippen LogP contribution in [0.15, 0.2) is 30.3 Å². The monoisotopic (exact) mass is 232 g/mol. The molecule has 0 aliphatic heterocycles. The molecule has 1 heterocycles. The van der Waals surface area contributed by atoms with Gasteiger partial charge in [0.25, 0.3) is 0 Å². The highest BCUT2D eigenvalue weighted by Gasteiger charge is 2.08. The third kappa shape index (κ3) is 2.78. The van der Waals surface area contributed by atoms with Gasteiger partial charge in [0.15, 0.2) is 0 Å². The largest absolute Gasteiger partial charge is 0.471 e. The van der Waals surface area contributed by atoms with E-state index in [1.807, 2.05) is 30.3 Å². The van der Waals surface area contributed by atoms with Crippen LogP contribution < -0.4 is 4.74 Å². The van der Waals surface area contributed by atoms with Gasteiger partial charge in [0.2, 0.25) is 11.8 Å². The number of halogens is 1. The molecule has 0 spiro atoms. The van der Waals surface area contributed by atoms with E-state index in [0.717, 1.165) is 5.56 Å². The molecule has 88 valence electrons.